The minimum Gasteiger partial charge on any atom is -0.341 e. The van der Waals surface area contributed by atoms with Gasteiger partial charge in [-0.1, -0.05) is 58.0 Å². The van der Waals surface area contributed by atoms with Crippen molar-refractivity contribution in [3.63, 3.8) is 0 Å². The predicted octanol–water partition coefficient (Wildman–Crippen LogP) is 5.01. The van der Waals surface area contributed by atoms with E-state index < -0.39 is 16.5 Å². The Hall–Kier alpha value is -0.386. The van der Waals surface area contributed by atoms with Crippen LogP contribution in [0.1, 0.15) is 33.3 Å². The zero-order chi connectivity index (χ0) is 13.9. The molecule has 1 aromatic carbocycles. The minimum absolute atomic E-state index is 1.09. The molecule has 1 aliphatic rings. The largest absolute Gasteiger partial charge is 0.341 e. The van der Waals surface area contributed by atoms with E-state index in [0.717, 1.165) is 0 Å². The molecule has 0 spiro atoms. The second-order valence-corrected chi connectivity index (χ2v) is 16.8. The first-order valence-corrected chi connectivity index (χ1v) is 13.1. The topological polar surface area (TPSA) is 3.24 Å². The van der Waals surface area contributed by atoms with Crippen LogP contribution in [0.5, 0.6) is 0 Å². The Labute approximate surface area is 121 Å². The first-order valence-electron chi connectivity index (χ1n) is 7.98. The Morgan fingerprint density at radius 3 is 1.74 bits per heavy atom. The molecular weight excluding hydrogens is 262 g/mol. The lowest BCUT2D eigenvalue weighted by molar-refractivity contribution is 0.540. The van der Waals surface area contributed by atoms with Gasteiger partial charge in [-0.2, -0.15) is 0 Å². The van der Waals surface area contributed by atoms with Crippen LogP contribution in [0.4, 0.5) is 0 Å². The average Bonchev–Trinajstić information content (AvgIpc) is 2.47. The molecule has 0 amide bonds. The van der Waals surface area contributed by atoms with Crippen LogP contribution >= 0.6 is 0 Å². The van der Waals surface area contributed by atoms with Crippen LogP contribution in [-0.4, -0.2) is 20.7 Å². The SMILES string of the molecule is CC[Si]1(CC)C[Si](CC)(CC)N1Cc1ccccc1. The molecule has 0 unspecified atom stereocenters. The van der Waals surface area contributed by atoms with E-state index in [-0.39, 0.29) is 0 Å². The molecular formula is C16H29NSi2. The zero-order valence-corrected chi connectivity index (χ0v) is 15.1. The molecule has 1 saturated heterocycles. The summed E-state index contributed by atoms with van der Waals surface area (Å²) in [5.41, 5.74) is 3.19. The first kappa shape index (κ1) is 15.0. The van der Waals surface area contributed by atoms with Gasteiger partial charge in [-0.15, -0.1) is 0 Å². The number of rotatable bonds is 6. The van der Waals surface area contributed by atoms with Crippen LogP contribution in [0.3, 0.4) is 0 Å². The Bertz CT molecular complexity index is 378. The van der Waals surface area contributed by atoms with Gasteiger partial charge in [0.2, 0.25) is 0 Å². The normalized spacial score (nSPS) is 21.1. The van der Waals surface area contributed by atoms with Crippen molar-refractivity contribution in [3.05, 3.63) is 35.9 Å². The van der Waals surface area contributed by atoms with Crippen molar-refractivity contribution in [2.45, 2.75) is 64.1 Å². The minimum atomic E-state index is -1.09. The van der Waals surface area contributed by atoms with Crippen molar-refractivity contribution in [3.8, 4) is 0 Å². The quantitative estimate of drug-likeness (QED) is 0.666. The van der Waals surface area contributed by atoms with Crippen LogP contribution in [0, 0.1) is 0 Å². The van der Waals surface area contributed by atoms with E-state index in [1.807, 2.05) is 0 Å². The summed E-state index contributed by atoms with van der Waals surface area (Å²) in [4.78, 5) is 0. The first-order chi connectivity index (χ1) is 9.16. The van der Waals surface area contributed by atoms with E-state index in [1.54, 1.807) is 5.67 Å². The molecule has 0 atom stereocenters. The molecule has 0 aliphatic carbocycles. The second-order valence-electron chi connectivity index (χ2n) is 6.11. The van der Waals surface area contributed by atoms with E-state index in [0.29, 0.717) is 0 Å². The highest BCUT2D eigenvalue weighted by Gasteiger charge is 2.59. The Balaban J connectivity index is 2.24. The Morgan fingerprint density at radius 2 is 1.32 bits per heavy atom. The third-order valence-electron chi connectivity index (χ3n) is 5.62. The summed E-state index contributed by atoms with van der Waals surface area (Å²) in [5.74, 6) is 0. The van der Waals surface area contributed by atoms with E-state index in [2.05, 4.69) is 62.3 Å². The Kier molecular flexibility index (Phi) is 4.69. The Morgan fingerprint density at radius 1 is 0.842 bits per heavy atom. The molecule has 1 aromatic rings. The highest BCUT2D eigenvalue weighted by atomic mass is 28.5. The maximum atomic E-state index is 3.09. The van der Waals surface area contributed by atoms with E-state index in [9.17, 15) is 0 Å². The molecule has 0 N–H and O–H groups in total. The molecule has 0 radical (unpaired) electrons. The molecule has 19 heavy (non-hydrogen) atoms. The number of hydrogen-bond acceptors (Lipinski definition) is 1. The highest BCUT2D eigenvalue weighted by Crippen LogP contribution is 2.48. The van der Waals surface area contributed by atoms with Gasteiger partial charge < -0.3 is 4.23 Å². The highest BCUT2D eigenvalue weighted by molar-refractivity contribution is 7.09. The van der Waals surface area contributed by atoms with Gasteiger partial charge in [0.05, 0.1) is 0 Å². The fourth-order valence-electron chi connectivity index (χ4n) is 4.08. The average molecular weight is 292 g/mol. The van der Waals surface area contributed by atoms with Crippen molar-refractivity contribution < 1.29 is 0 Å². The van der Waals surface area contributed by atoms with Gasteiger partial charge in [0.25, 0.3) is 0 Å². The smallest absolute Gasteiger partial charge is 0.120 e. The number of benzene rings is 1. The monoisotopic (exact) mass is 291 g/mol. The number of nitrogens with zero attached hydrogens (tertiary/aromatic N) is 1. The molecule has 106 valence electrons. The summed E-state index contributed by atoms with van der Waals surface area (Å²) in [7, 11) is -2.17. The summed E-state index contributed by atoms with van der Waals surface area (Å²) >= 11 is 0. The van der Waals surface area contributed by atoms with Gasteiger partial charge >= 0.3 is 0 Å². The van der Waals surface area contributed by atoms with Crippen molar-refractivity contribution in [1.29, 1.82) is 0 Å². The van der Waals surface area contributed by atoms with Crippen LogP contribution in [0.2, 0.25) is 29.8 Å². The van der Waals surface area contributed by atoms with E-state index in [4.69, 9.17) is 0 Å². The van der Waals surface area contributed by atoms with Gasteiger partial charge in [0, 0.05) is 6.54 Å². The summed E-state index contributed by atoms with van der Waals surface area (Å²) < 4.78 is 3.09. The van der Waals surface area contributed by atoms with Crippen molar-refractivity contribution >= 4 is 16.5 Å². The van der Waals surface area contributed by atoms with Crippen molar-refractivity contribution in [1.82, 2.24) is 4.23 Å². The predicted molar refractivity (Wildman–Crippen MR) is 90.2 cm³/mol. The van der Waals surface area contributed by atoms with Crippen LogP contribution < -0.4 is 0 Å². The molecule has 0 aromatic heterocycles. The lowest BCUT2D eigenvalue weighted by Gasteiger charge is -2.64. The third-order valence-corrected chi connectivity index (χ3v) is 21.6. The van der Waals surface area contributed by atoms with Gasteiger partial charge in [-0.05, 0) is 35.4 Å². The molecule has 1 aliphatic heterocycles. The lowest BCUT2D eigenvalue weighted by atomic mass is 10.2. The van der Waals surface area contributed by atoms with Gasteiger partial charge in [-0.3, -0.25) is 0 Å². The lowest BCUT2D eigenvalue weighted by Crippen LogP contribution is -2.78. The van der Waals surface area contributed by atoms with Gasteiger partial charge in [0.15, 0.2) is 0 Å². The maximum absolute atomic E-state index is 3.09. The van der Waals surface area contributed by atoms with Crippen LogP contribution in [0.15, 0.2) is 30.3 Å². The fraction of sp³-hybridized carbons (Fsp3) is 0.625. The van der Waals surface area contributed by atoms with Crippen LogP contribution in [0.25, 0.3) is 0 Å². The van der Waals surface area contributed by atoms with Gasteiger partial charge in [0.1, 0.15) is 16.5 Å². The zero-order valence-electron chi connectivity index (χ0n) is 13.1. The molecule has 0 bridgehead atoms. The van der Waals surface area contributed by atoms with E-state index in [1.165, 1.54) is 36.3 Å². The van der Waals surface area contributed by atoms with E-state index >= 15 is 0 Å². The molecule has 0 saturated carbocycles. The van der Waals surface area contributed by atoms with Gasteiger partial charge in [-0.25, -0.2) is 0 Å². The third kappa shape index (κ3) is 2.48. The number of hydrogen-bond donors (Lipinski definition) is 0. The van der Waals surface area contributed by atoms with Crippen molar-refractivity contribution in [2.75, 3.05) is 0 Å². The van der Waals surface area contributed by atoms with Crippen molar-refractivity contribution in [2.24, 2.45) is 0 Å². The molecule has 1 fully saturated rings. The molecule has 1 heterocycles. The summed E-state index contributed by atoms with van der Waals surface area (Å²) in [6, 6.07) is 16.9. The summed E-state index contributed by atoms with van der Waals surface area (Å²) in [6.45, 7) is 11.0. The standard InChI is InChI=1S/C16H29NSi2/c1-5-18(6-2)15-19(7-3,8-4)17(18)14-16-12-10-9-11-13-16/h9-13H,5-8,14-15H2,1-4H3. The second kappa shape index (κ2) is 5.94. The van der Waals surface area contributed by atoms with Crippen LogP contribution in [-0.2, 0) is 6.54 Å². The summed E-state index contributed by atoms with van der Waals surface area (Å²) in [6.07, 6.45) is 0. The molecule has 1 nitrogen and oxygen atoms in total. The maximum Gasteiger partial charge on any atom is 0.120 e. The fourth-order valence-corrected chi connectivity index (χ4v) is 23.3. The molecule has 2 rings (SSSR count). The molecule has 3 heteroatoms. The summed E-state index contributed by atoms with van der Waals surface area (Å²) in [5, 5.41) is 0.